The fraction of sp³-hybridized carbons (Fsp3) is 0.312. The molecule has 0 atom stereocenters. The van der Waals surface area contributed by atoms with E-state index < -0.39 is 6.03 Å². The quantitative estimate of drug-likeness (QED) is 0.499. The summed E-state index contributed by atoms with van der Waals surface area (Å²) < 4.78 is 0. The third kappa shape index (κ3) is 3.72. The number of para-hydroxylation sites is 1. The lowest BCUT2D eigenvalue weighted by molar-refractivity contribution is -0.117. The summed E-state index contributed by atoms with van der Waals surface area (Å²) in [5.41, 5.74) is 0.127. The summed E-state index contributed by atoms with van der Waals surface area (Å²) in [6, 6.07) is 8.12. The molecule has 2 amide bonds. The third-order valence-corrected chi connectivity index (χ3v) is 3.37. The molecule has 0 fully saturated rings. The van der Waals surface area contributed by atoms with Crippen LogP contribution in [0.2, 0.25) is 0 Å². The van der Waals surface area contributed by atoms with Gasteiger partial charge in [-0.15, -0.1) is 0 Å². The number of allylic oxidation sites excluding steroid dienone is 1. The van der Waals surface area contributed by atoms with Crippen molar-refractivity contribution in [2.24, 2.45) is 5.41 Å². The van der Waals surface area contributed by atoms with Crippen LogP contribution in [0.4, 0.5) is 10.5 Å². The third-order valence-electron chi connectivity index (χ3n) is 3.37. The number of amidine groups is 1. The molecule has 1 aromatic carbocycles. The maximum absolute atomic E-state index is 12.1. The number of aliphatic hydroxyl groups is 1. The summed E-state index contributed by atoms with van der Waals surface area (Å²) in [4.78, 5) is 23.9. The summed E-state index contributed by atoms with van der Waals surface area (Å²) in [6.07, 6.45) is 0.537. The number of hydrogen-bond donors (Lipinski definition) is 4. The molecule has 0 heterocycles. The van der Waals surface area contributed by atoms with E-state index >= 15 is 0 Å². The predicted molar refractivity (Wildman–Crippen MR) is 84.0 cm³/mol. The molecule has 2 rings (SSSR count). The first-order valence-corrected chi connectivity index (χ1v) is 6.96. The van der Waals surface area contributed by atoms with Crippen LogP contribution < -0.4 is 10.6 Å². The number of nitrogens with one attached hydrogen (secondary N) is 3. The summed E-state index contributed by atoms with van der Waals surface area (Å²) >= 11 is 0. The lowest BCUT2D eigenvalue weighted by Crippen LogP contribution is -2.39. The SMILES string of the molecule is CC1(C)CC(=O)C(C(=N)NC(=O)Nc2ccccc2)=C(O)C1. The number of aliphatic hydroxyl groups excluding tert-OH is 1. The Hall–Kier alpha value is -2.63. The first-order chi connectivity index (χ1) is 10.3. The highest BCUT2D eigenvalue weighted by Gasteiger charge is 2.35. The molecule has 6 nitrogen and oxygen atoms in total. The Bertz CT molecular complexity index is 648. The predicted octanol–water partition coefficient (Wildman–Crippen LogP) is 2.99. The van der Waals surface area contributed by atoms with E-state index in [4.69, 9.17) is 5.41 Å². The van der Waals surface area contributed by atoms with Gasteiger partial charge in [0.15, 0.2) is 5.78 Å². The van der Waals surface area contributed by atoms with Gasteiger partial charge in [0.1, 0.15) is 11.6 Å². The number of hydrogen-bond acceptors (Lipinski definition) is 4. The number of amides is 2. The van der Waals surface area contributed by atoms with Crippen molar-refractivity contribution in [1.29, 1.82) is 5.41 Å². The number of rotatable bonds is 2. The van der Waals surface area contributed by atoms with E-state index in [1.807, 2.05) is 19.9 Å². The largest absolute Gasteiger partial charge is 0.511 e. The number of urea groups is 1. The van der Waals surface area contributed by atoms with Crippen LogP contribution in [0.15, 0.2) is 41.7 Å². The Morgan fingerprint density at radius 3 is 2.45 bits per heavy atom. The standard InChI is InChI=1S/C16H19N3O3/c1-16(2)8-11(20)13(12(21)9-16)14(17)19-15(22)18-10-6-4-3-5-7-10/h3-7,20H,8-9H2,1-2H3,(H3,17,18,19,22). The molecule has 0 unspecified atom stereocenters. The van der Waals surface area contributed by atoms with E-state index in [9.17, 15) is 14.7 Å². The number of carbonyl (C=O) groups excluding carboxylic acids is 2. The molecule has 0 saturated heterocycles. The fourth-order valence-corrected chi connectivity index (χ4v) is 2.43. The Balaban J connectivity index is 2.06. The Kier molecular flexibility index (Phi) is 4.30. The minimum Gasteiger partial charge on any atom is -0.511 e. The van der Waals surface area contributed by atoms with Gasteiger partial charge in [0.05, 0.1) is 5.57 Å². The smallest absolute Gasteiger partial charge is 0.324 e. The van der Waals surface area contributed by atoms with Crippen molar-refractivity contribution in [3.8, 4) is 0 Å². The van der Waals surface area contributed by atoms with Crippen LogP contribution in [-0.2, 0) is 4.79 Å². The van der Waals surface area contributed by atoms with Gasteiger partial charge in [0, 0.05) is 18.5 Å². The van der Waals surface area contributed by atoms with Crippen molar-refractivity contribution in [2.75, 3.05) is 5.32 Å². The second-order valence-electron chi connectivity index (χ2n) is 6.08. The van der Waals surface area contributed by atoms with Crippen LogP contribution in [0.25, 0.3) is 0 Å². The minimum atomic E-state index is -0.630. The van der Waals surface area contributed by atoms with Gasteiger partial charge in [-0.1, -0.05) is 32.0 Å². The maximum atomic E-state index is 12.1. The van der Waals surface area contributed by atoms with Crippen LogP contribution in [0.5, 0.6) is 0 Å². The summed E-state index contributed by atoms with van der Waals surface area (Å²) in [5.74, 6) is -0.864. The molecule has 6 heteroatoms. The van der Waals surface area contributed by atoms with Gasteiger partial charge < -0.3 is 10.4 Å². The van der Waals surface area contributed by atoms with Crippen molar-refractivity contribution in [3.05, 3.63) is 41.7 Å². The molecule has 22 heavy (non-hydrogen) atoms. The van der Waals surface area contributed by atoms with E-state index in [2.05, 4.69) is 10.6 Å². The summed E-state index contributed by atoms with van der Waals surface area (Å²) in [6.45, 7) is 3.74. The molecule has 0 bridgehead atoms. The number of ketones is 1. The number of carbonyl (C=O) groups is 2. The van der Waals surface area contributed by atoms with Crippen LogP contribution in [0.1, 0.15) is 26.7 Å². The van der Waals surface area contributed by atoms with Gasteiger partial charge >= 0.3 is 6.03 Å². The van der Waals surface area contributed by atoms with Gasteiger partial charge in [-0.05, 0) is 17.5 Å². The van der Waals surface area contributed by atoms with Gasteiger partial charge in [0.25, 0.3) is 0 Å². The van der Waals surface area contributed by atoms with Gasteiger partial charge in [0.2, 0.25) is 0 Å². The normalized spacial score (nSPS) is 17.1. The summed E-state index contributed by atoms with van der Waals surface area (Å²) in [5, 5.41) is 22.7. The van der Waals surface area contributed by atoms with E-state index in [-0.39, 0.29) is 34.8 Å². The first kappa shape index (κ1) is 15.8. The van der Waals surface area contributed by atoms with E-state index in [1.165, 1.54) is 0 Å². The Labute approximate surface area is 128 Å². The van der Waals surface area contributed by atoms with Crippen molar-refractivity contribution < 1.29 is 14.7 Å². The molecule has 0 radical (unpaired) electrons. The van der Waals surface area contributed by atoms with Crippen molar-refractivity contribution in [2.45, 2.75) is 26.7 Å². The average Bonchev–Trinajstić information content (AvgIpc) is 2.36. The molecule has 0 saturated carbocycles. The zero-order chi connectivity index (χ0) is 16.3. The molecule has 1 aliphatic carbocycles. The highest BCUT2D eigenvalue weighted by Crippen LogP contribution is 2.35. The fourth-order valence-electron chi connectivity index (χ4n) is 2.43. The molecule has 4 N–H and O–H groups in total. The zero-order valence-corrected chi connectivity index (χ0v) is 12.6. The molecular weight excluding hydrogens is 282 g/mol. The molecule has 0 spiro atoms. The number of benzene rings is 1. The molecule has 0 aliphatic heterocycles. The van der Waals surface area contributed by atoms with Crippen LogP contribution >= 0.6 is 0 Å². The highest BCUT2D eigenvalue weighted by atomic mass is 16.3. The topological polar surface area (TPSA) is 102 Å². The van der Waals surface area contributed by atoms with E-state index in [0.717, 1.165) is 0 Å². The minimum absolute atomic E-state index is 0.109. The highest BCUT2D eigenvalue weighted by molar-refractivity contribution is 6.24. The van der Waals surface area contributed by atoms with Crippen molar-refractivity contribution in [1.82, 2.24) is 5.32 Å². The lowest BCUT2D eigenvalue weighted by Gasteiger charge is -2.29. The molecule has 1 aromatic rings. The van der Waals surface area contributed by atoms with Crippen molar-refractivity contribution >= 4 is 23.3 Å². The molecular formula is C16H19N3O3. The van der Waals surface area contributed by atoms with Crippen LogP contribution in [0, 0.1) is 10.8 Å². The molecule has 1 aliphatic rings. The van der Waals surface area contributed by atoms with Gasteiger partial charge in [-0.25, -0.2) is 4.79 Å². The Morgan fingerprint density at radius 1 is 1.23 bits per heavy atom. The Morgan fingerprint density at radius 2 is 1.86 bits per heavy atom. The maximum Gasteiger partial charge on any atom is 0.324 e. The second-order valence-corrected chi connectivity index (χ2v) is 6.08. The second kappa shape index (κ2) is 6.01. The molecule has 0 aromatic heterocycles. The monoisotopic (exact) mass is 301 g/mol. The van der Waals surface area contributed by atoms with E-state index in [0.29, 0.717) is 12.1 Å². The molecule has 116 valence electrons. The number of anilines is 1. The van der Waals surface area contributed by atoms with Crippen LogP contribution in [0.3, 0.4) is 0 Å². The lowest BCUT2D eigenvalue weighted by atomic mass is 9.76. The van der Waals surface area contributed by atoms with Crippen molar-refractivity contribution in [3.63, 3.8) is 0 Å². The van der Waals surface area contributed by atoms with E-state index in [1.54, 1.807) is 24.3 Å². The van der Waals surface area contributed by atoms with Gasteiger partial charge in [-0.2, -0.15) is 0 Å². The number of Topliss-reactive ketones (excluding diaryl/α,β-unsaturated/α-hetero) is 1. The average molecular weight is 301 g/mol. The zero-order valence-electron chi connectivity index (χ0n) is 12.6. The van der Waals surface area contributed by atoms with Gasteiger partial charge in [-0.3, -0.25) is 15.5 Å². The van der Waals surface area contributed by atoms with Crippen LogP contribution in [-0.4, -0.2) is 22.8 Å². The first-order valence-electron chi connectivity index (χ1n) is 6.96. The summed E-state index contributed by atoms with van der Waals surface area (Å²) in [7, 11) is 0.